The third-order valence-corrected chi connectivity index (χ3v) is 7.12. The van der Waals surface area contributed by atoms with Crippen LogP contribution in [0.15, 0.2) is 30.3 Å². The van der Waals surface area contributed by atoms with E-state index in [1.165, 1.54) is 44.3 Å². The molecule has 0 aliphatic carbocycles. The van der Waals surface area contributed by atoms with Gasteiger partial charge < -0.3 is 15.3 Å². The van der Waals surface area contributed by atoms with Gasteiger partial charge in [-0.05, 0) is 70.0 Å². The summed E-state index contributed by atoms with van der Waals surface area (Å²) in [5.74, 6) is -0.0773. The minimum Gasteiger partial charge on any atom is -0.379 e. The fourth-order valence-corrected chi connectivity index (χ4v) is 5.58. The van der Waals surface area contributed by atoms with Gasteiger partial charge in [0.15, 0.2) is 5.60 Å². The van der Waals surface area contributed by atoms with Crippen molar-refractivity contribution < 1.29 is 9.90 Å². The molecule has 0 unspecified atom stereocenters. The quantitative estimate of drug-likeness (QED) is 0.720. The molecule has 1 aromatic carbocycles. The number of aliphatic hydroxyl groups is 1. The third-order valence-electron chi connectivity index (χ3n) is 7.12. The number of carbonyl (C=O) groups is 1. The van der Waals surface area contributed by atoms with E-state index in [2.05, 4.69) is 34.5 Å². The molecule has 5 heteroatoms. The van der Waals surface area contributed by atoms with Gasteiger partial charge in [-0.1, -0.05) is 30.3 Å². The lowest BCUT2D eigenvalue weighted by molar-refractivity contribution is -0.156. The van der Waals surface area contributed by atoms with Crippen LogP contribution in [0, 0.1) is 0 Å². The van der Waals surface area contributed by atoms with Crippen LogP contribution < -0.4 is 5.32 Å². The molecule has 1 amide bonds. The Balaban J connectivity index is 1.26. The van der Waals surface area contributed by atoms with Crippen molar-refractivity contribution in [3.63, 3.8) is 0 Å². The molecule has 3 heterocycles. The first kappa shape index (κ1) is 19.9. The highest BCUT2D eigenvalue weighted by atomic mass is 16.3. The first-order chi connectivity index (χ1) is 13.6. The lowest BCUT2D eigenvalue weighted by atomic mass is 9.90. The standard InChI is InChI=1S/C23H35N3O2/c27-21-23(28,19-24-18-22-11-5-16-26(22)17-6-12-22)13-7-15-25(21)14-4-10-20-8-2-1-3-9-20/h1-3,8-9,24,28H,4-7,10-19H2/t23-/m0/s1. The van der Waals surface area contributed by atoms with Crippen molar-refractivity contribution in [2.24, 2.45) is 0 Å². The van der Waals surface area contributed by atoms with Crippen LogP contribution in [0.5, 0.6) is 0 Å². The SMILES string of the molecule is O=C1N(CCCc2ccccc2)CCC[C@]1(O)CNCC12CCCN1CCC2. The number of carbonyl (C=O) groups excluding carboxylic acids is 1. The van der Waals surface area contributed by atoms with Gasteiger partial charge in [0, 0.05) is 31.7 Å². The van der Waals surface area contributed by atoms with Crippen molar-refractivity contribution >= 4 is 5.91 Å². The molecule has 0 spiro atoms. The first-order valence-corrected chi connectivity index (χ1v) is 11.1. The monoisotopic (exact) mass is 385 g/mol. The molecule has 0 saturated carbocycles. The molecule has 3 saturated heterocycles. The van der Waals surface area contributed by atoms with E-state index in [4.69, 9.17) is 0 Å². The molecule has 4 rings (SSSR count). The molecule has 3 aliphatic rings. The Bertz CT molecular complexity index is 655. The van der Waals surface area contributed by atoms with Gasteiger partial charge in [-0.25, -0.2) is 0 Å². The van der Waals surface area contributed by atoms with Gasteiger partial charge in [-0.2, -0.15) is 0 Å². The second-order valence-electron chi connectivity index (χ2n) is 9.04. The predicted molar refractivity (Wildman–Crippen MR) is 111 cm³/mol. The van der Waals surface area contributed by atoms with Crippen LogP contribution in [0.4, 0.5) is 0 Å². The number of hydrogen-bond donors (Lipinski definition) is 2. The highest BCUT2D eigenvalue weighted by Crippen LogP contribution is 2.38. The average Bonchev–Trinajstić information content (AvgIpc) is 3.26. The number of nitrogens with one attached hydrogen (secondary N) is 1. The van der Waals surface area contributed by atoms with Crippen LogP contribution in [0.3, 0.4) is 0 Å². The number of benzene rings is 1. The summed E-state index contributed by atoms with van der Waals surface area (Å²) in [7, 11) is 0. The van der Waals surface area contributed by atoms with E-state index >= 15 is 0 Å². The van der Waals surface area contributed by atoms with Crippen molar-refractivity contribution in [2.75, 3.05) is 39.3 Å². The van der Waals surface area contributed by atoms with Crippen LogP contribution in [0.2, 0.25) is 0 Å². The number of amides is 1. The Morgan fingerprint density at radius 1 is 0.964 bits per heavy atom. The lowest BCUT2D eigenvalue weighted by Gasteiger charge is -2.39. The second kappa shape index (κ2) is 8.52. The van der Waals surface area contributed by atoms with Gasteiger partial charge in [0.2, 0.25) is 0 Å². The smallest absolute Gasteiger partial charge is 0.255 e. The minimum absolute atomic E-state index is 0.0773. The number of rotatable bonds is 8. The van der Waals surface area contributed by atoms with E-state index in [1.807, 2.05) is 11.0 Å². The van der Waals surface area contributed by atoms with Gasteiger partial charge in [0.25, 0.3) is 5.91 Å². The summed E-state index contributed by atoms with van der Waals surface area (Å²) in [4.78, 5) is 17.5. The fraction of sp³-hybridized carbons (Fsp3) is 0.696. The maximum absolute atomic E-state index is 13.0. The maximum atomic E-state index is 13.0. The Kier molecular flexibility index (Phi) is 6.04. The average molecular weight is 386 g/mol. The molecule has 5 nitrogen and oxygen atoms in total. The Morgan fingerprint density at radius 3 is 2.43 bits per heavy atom. The zero-order chi connectivity index (χ0) is 19.5. The van der Waals surface area contributed by atoms with E-state index in [0.29, 0.717) is 13.0 Å². The van der Waals surface area contributed by atoms with Crippen molar-refractivity contribution in [3.05, 3.63) is 35.9 Å². The molecular weight excluding hydrogens is 350 g/mol. The first-order valence-electron chi connectivity index (χ1n) is 11.1. The third kappa shape index (κ3) is 4.12. The zero-order valence-electron chi connectivity index (χ0n) is 17.0. The highest BCUT2D eigenvalue weighted by Gasteiger charge is 2.45. The van der Waals surface area contributed by atoms with Gasteiger partial charge in [-0.3, -0.25) is 9.69 Å². The van der Waals surface area contributed by atoms with Crippen LogP contribution in [0.1, 0.15) is 50.5 Å². The van der Waals surface area contributed by atoms with E-state index in [9.17, 15) is 9.90 Å². The van der Waals surface area contributed by atoms with Crippen molar-refractivity contribution in [2.45, 2.75) is 62.5 Å². The van der Waals surface area contributed by atoms with Crippen LogP contribution in [-0.4, -0.2) is 71.2 Å². The van der Waals surface area contributed by atoms with Gasteiger partial charge in [0.1, 0.15) is 0 Å². The number of nitrogens with zero attached hydrogens (tertiary/aromatic N) is 2. The van der Waals surface area contributed by atoms with Crippen molar-refractivity contribution in [3.8, 4) is 0 Å². The van der Waals surface area contributed by atoms with Crippen molar-refractivity contribution in [1.82, 2.24) is 15.1 Å². The Labute approximate surface area is 169 Å². The zero-order valence-corrected chi connectivity index (χ0v) is 17.0. The van der Waals surface area contributed by atoms with Gasteiger partial charge in [-0.15, -0.1) is 0 Å². The molecular formula is C23H35N3O2. The van der Waals surface area contributed by atoms with Crippen LogP contribution in [-0.2, 0) is 11.2 Å². The summed E-state index contributed by atoms with van der Waals surface area (Å²) in [6, 6.07) is 10.4. The molecule has 0 bridgehead atoms. The minimum atomic E-state index is -1.23. The Hall–Kier alpha value is -1.43. The molecule has 0 radical (unpaired) electrons. The second-order valence-corrected chi connectivity index (χ2v) is 9.04. The molecule has 2 N–H and O–H groups in total. The summed E-state index contributed by atoms with van der Waals surface area (Å²) in [5.41, 5.74) is 0.355. The summed E-state index contributed by atoms with van der Waals surface area (Å²) in [6.45, 7) is 5.20. The normalized spacial score (nSPS) is 27.3. The number of hydrogen-bond acceptors (Lipinski definition) is 4. The summed E-state index contributed by atoms with van der Waals surface area (Å²) >= 11 is 0. The lowest BCUT2D eigenvalue weighted by Crippen LogP contribution is -2.59. The predicted octanol–water partition coefficient (Wildman–Crippen LogP) is 2.19. The molecule has 1 aromatic rings. The molecule has 3 aliphatic heterocycles. The molecule has 154 valence electrons. The topological polar surface area (TPSA) is 55.8 Å². The maximum Gasteiger partial charge on any atom is 0.255 e. The summed E-state index contributed by atoms with van der Waals surface area (Å²) in [5, 5.41) is 14.6. The molecule has 28 heavy (non-hydrogen) atoms. The number of likely N-dealkylation sites (tertiary alicyclic amines) is 1. The van der Waals surface area contributed by atoms with Crippen LogP contribution in [0.25, 0.3) is 0 Å². The molecule has 0 aromatic heterocycles. The van der Waals surface area contributed by atoms with E-state index < -0.39 is 5.60 Å². The number of piperidine rings is 1. The largest absolute Gasteiger partial charge is 0.379 e. The van der Waals surface area contributed by atoms with E-state index in [-0.39, 0.29) is 11.4 Å². The van der Waals surface area contributed by atoms with E-state index in [0.717, 1.165) is 38.9 Å². The van der Waals surface area contributed by atoms with Gasteiger partial charge >= 0.3 is 0 Å². The molecule has 3 fully saturated rings. The summed E-state index contributed by atoms with van der Waals surface area (Å²) < 4.78 is 0. The van der Waals surface area contributed by atoms with Gasteiger partial charge in [0.05, 0.1) is 0 Å². The van der Waals surface area contributed by atoms with Crippen LogP contribution >= 0.6 is 0 Å². The number of aryl methyl sites for hydroxylation is 1. The van der Waals surface area contributed by atoms with E-state index in [1.54, 1.807) is 0 Å². The Morgan fingerprint density at radius 2 is 1.68 bits per heavy atom. The summed E-state index contributed by atoms with van der Waals surface area (Å²) in [6.07, 6.45) is 8.42. The number of fused-ring (bicyclic) bond motifs is 1. The highest BCUT2D eigenvalue weighted by molar-refractivity contribution is 5.86. The van der Waals surface area contributed by atoms with Crippen molar-refractivity contribution in [1.29, 1.82) is 0 Å². The fourth-order valence-electron chi connectivity index (χ4n) is 5.58. The molecule has 1 atom stereocenters.